The molecule has 2 aliphatic rings. The molecular formula is C29H35N3O. The fourth-order valence-electron chi connectivity index (χ4n) is 5.61. The quantitative estimate of drug-likeness (QED) is 0.507. The predicted octanol–water partition coefficient (Wildman–Crippen LogP) is 6.31. The molecule has 0 amide bonds. The number of hydrogen-bond acceptors (Lipinski definition) is 3. The average molecular weight is 442 g/mol. The van der Waals surface area contributed by atoms with Gasteiger partial charge in [0.2, 0.25) is 0 Å². The number of aryl methyl sites for hydroxylation is 1. The van der Waals surface area contributed by atoms with Gasteiger partial charge in [-0.3, -0.25) is 4.79 Å². The molecule has 3 aromatic rings. The molecule has 2 heterocycles. The van der Waals surface area contributed by atoms with Crippen LogP contribution in [0.4, 0.5) is 0 Å². The van der Waals surface area contributed by atoms with Gasteiger partial charge in [0, 0.05) is 27.6 Å². The Kier molecular flexibility index (Phi) is 6.20. The number of nitrogens with zero attached hydrogens (tertiary/aromatic N) is 2. The second-order valence-electron chi connectivity index (χ2n) is 9.73. The summed E-state index contributed by atoms with van der Waals surface area (Å²) in [6.07, 6.45) is 3.28. The van der Waals surface area contributed by atoms with E-state index in [2.05, 4.69) is 55.9 Å². The van der Waals surface area contributed by atoms with Gasteiger partial charge in [-0.25, -0.2) is 0 Å². The minimum atomic E-state index is -0.309. The van der Waals surface area contributed by atoms with Gasteiger partial charge in [0.1, 0.15) is 0 Å². The maximum atomic E-state index is 13.7. The Morgan fingerprint density at radius 3 is 2.48 bits per heavy atom. The number of fused-ring (bicyclic) bond motifs is 4. The summed E-state index contributed by atoms with van der Waals surface area (Å²) in [5.74, 6) is 0.662. The number of nitriles is 1. The van der Waals surface area contributed by atoms with Crippen LogP contribution in [0.25, 0.3) is 10.9 Å². The van der Waals surface area contributed by atoms with Gasteiger partial charge in [-0.05, 0) is 80.2 Å². The van der Waals surface area contributed by atoms with Crippen molar-refractivity contribution in [2.75, 3.05) is 20.1 Å². The van der Waals surface area contributed by atoms with Crippen LogP contribution in [0, 0.1) is 11.3 Å². The number of nitrogens with one attached hydrogen (secondary N) is 1. The molecule has 0 spiro atoms. The zero-order valence-corrected chi connectivity index (χ0v) is 20.8. The van der Waals surface area contributed by atoms with Crippen molar-refractivity contribution in [2.45, 2.75) is 65.2 Å². The minimum Gasteiger partial charge on any atom is -0.357 e. The first-order valence-electron chi connectivity index (χ1n) is 12.3. The number of ketones is 1. The maximum absolute atomic E-state index is 13.7. The first-order valence-corrected chi connectivity index (χ1v) is 12.3. The highest BCUT2D eigenvalue weighted by Crippen LogP contribution is 2.46. The SMILES string of the molecule is CC.CCc1cc2c(cc1C1CCN(C)CC1)C(C)(C)c1[nH]c3cc(C#N)ccc3c1C2=O. The van der Waals surface area contributed by atoms with E-state index in [1.807, 2.05) is 26.0 Å². The van der Waals surface area contributed by atoms with Crippen molar-refractivity contribution in [1.82, 2.24) is 9.88 Å². The number of benzene rings is 2. The zero-order chi connectivity index (χ0) is 23.9. The Hall–Kier alpha value is -2.90. The lowest BCUT2D eigenvalue weighted by Crippen LogP contribution is -2.32. The number of rotatable bonds is 2. The molecule has 1 N–H and O–H groups in total. The van der Waals surface area contributed by atoms with Crippen LogP contribution >= 0.6 is 0 Å². The number of hydrogen-bond donors (Lipinski definition) is 1. The number of aromatic nitrogens is 1. The van der Waals surface area contributed by atoms with Crippen LogP contribution in [0.15, 0.2) is 30.3 Å². The van der Waals surface area contributed by atoms with Gasteiger partial charge in [-0.2, -0.15) is 5.26 Å². The van der Waals surface area contributed by atoms with Crippen molar-refractivity contribution in [3.63, 3.8) is 0 Å². The topological polar surface area (TPSA) is 59.9 Å². The van der Waals surface area contributed by atoms with Crippen LogP contribution < -0.4 is 0 Å². The zero-order valence-electron chi connectivity index (χ0n) is 20.8. The highest BCUT2D eigenvalue weighted by molar-refractivity contribution is 6.20. The lowest BCUT2D eigenvalue weighted by Gasteiger charge is -2.35. The van der Waals surface area contributed by atoms with Crippen molar-refractivity contribution >= 4 is 16.7 Å². The highest BCUT2D eigenvalue weighted by atomic mass is 16.1. The molecule has 0 unspecified atom stereocenters. The molecule has 1 aromatic heterocycles. The number of aromatic amines is 1. The van der Waals surface area contributed by atoms with Gasteiger partial charge in [-0.1, -0.05) is 46.8 Å². The molecule has 1 aliphatic carbocycles. The fraction of sp³-hybridized carbons (Fsp3) is 0.448. The standard InChI is InChI=1S/C27H29N3O.C2H6/c1-5-17-13-21-22(14-20(17)18-8-10-30(4)11-9-18)27(2,3)26-24(25(21)31)19-7-6-16(15-28)12-23(19)29-26;1-2/h6-7,12-14,18,29H,5,8-11H2,1-4H3;1-2H3. The summed E-state index contributed by atoms with van der Waals surface area (Å²) >= 11 is 0. The Balaban J connectivity index is 0.00000126. The van der Waals surface area contributed by atoms with Gasteiger partial charge in [-0.15, -0.1) is 0 Å². The second-order valence-corrected chi connectivity index (χ2v) is 9.73. The Morgan fingerprint density at radius 1 is 1.15 bits per heavy atom. The van der Waals surface area contributed by atoms with E-state index >= 15 is 0 Å². The third kappa shape index (κ3) is 3.69. The van der Waals surface area contributed by atoms with E-state index in [-0.39, 0.29) is 11.2 Å². The number of carbonyl (C=O) groups excluding carboxylic acids is 1. The summed E-state index contributed by atoms with van der Waals surface area (Å²) in [6, 6.07) is 12.3. The normalized spacial score (nSPS) is 17.7. The van der Waals surface area contributed by atoms with E-state index in [0.717, 1.165) is 52.8 Å². The Morgan fingerprint density at radius 2 is 1.85 bits per heavy atom. The summed E-state index contributed by atoms with van der Waals surface area (Å²) < 4.78 is 0. The largest absolute Gasteiger partial charge is 0.357 e. The average Bonchev–Trinajstić information content (AvgIpc) is 3.24. The van der Waals surface area contributed by atoms with Crippen molar-refractivity contribution < 1.29 is 4.79 Å². The molecule has 4 nitrogen and oxygen atoms in total. The third-order valence-corrected chi connectivity index (χ3v) is 7.52. The number of H-pyrrole nitrogens is 1. The molecule has 0 bridgehead atoms. The van der Waals surface area contributed by atoms with E-state index in [9.17, 15) is 10.1 Å². The van der Waals surface area contributed by atoms with E-state index in [1.54, 1.807) is 6.07 Å². The third-order valence-electron chi connectivity index (χ3n) is 7.52. The Bertz CT molecular complexity index is 1250. The highest BCUT2D eigenvalue weighted by Gasteiger charge is 2.40. The van der Waals surface area contributed by atoms with Crippen LogP contribution in [-0.4, -0.2) is 35.8 Å². The van der Waals surface area contributed by atoms with Gasteiger partial charge < -0.3 is 9.88 Å². The van der Waals surface area contributed by atoms with Gasteiger partial charge in [0.25, 0.3) is 0 Å². The summed E-state index contributed by atoms with van der Waals surface area (Å²) in [6.45, 7) is 12.9. The number of piperidine rings is 1. The van der Waals surface area contributed by atoms with Crippen LogP contribution in [0.1, 0.15) is 97.2 Å². The molecule has 172 valence electrons. The summed E-state index contributed by atoms with van der Waals surface area (Å²) in [5, 5.41) is 10.2. The molecule has 1 saturated heterocycles. The van der Waals surface area contributed by atoms with E-state index in [1.165, 1.54) is 24.0 Å². The van der Waals surface area contributed by atoms with Gasteiger partial charge in [0.05, 0.1) is 17.2 Å². The fourth-order valence-corrected chi connectivity index (χ4v) is 5.61. The van der Waals surface area contributed by atoms with E-state index in [4.69, 9.17) is 0 Å². The van der Waals surface area contributed by atoms with Crippen molar-refractivity contribution in [2.24, 2.45) is 0 Å². The molecule has 4 heteroatoms. The predicted molar refractivity (Wildman–Crippen MR) is 135 cm³/mol. The molecular weight excluding hydrogens is 406 g/mol. The number of carbonyl (C=O) groups is 1. The van der Waals surface area contributed by atoms with Crippen molar-refractivity contribution in [3.05, 3.63) is 69.4 Å². The van der Waals surface area contributed by atoms with Gasteiger partial charge >= 0.3 is 0 Å². The molecule has 0 atom stereocenters. The molecule has 0 radical (unpaired) electrons. The lowest BCUT2D eigenvalue weighted by atomic mass is 9.69. The Labute approximate surface area is 197 Å². The first kappa shape index (κ1) is 23.3. The minimum absolute atomic E-state index is 0.102. The summed E-state index contributed by atoms with van der Waals surface area (Å²) in [7, 11) is 2.20. The summed E-state index contributed by atoms with van der Waals surface area (Å²) in [5.41, 5.74) is 7.61. The monoisotopic (exact) mass is 441 g/mol. The smallest absolute Gasteiger partial charge is 0.195 e. The van der Waals surface area contributed by atoms with Crippen LogP contribution in [0.3, 0.4) is 0 Å². The molecule has 5 rings (SSSR count). The van der Waals surface area contributed by atoms with Crippen LogP contribution in [0.2, 0.25) is 0 Å². The van der Waals surface area contributed by atoms with E-state index < -0.39 is 0 Å². The molecule has 1 fully saturated rings. The molecule has 0 saturated carbocycles. The van der Waals surface area contributed by atoms with E-state index in [0.29, 0.717) is 11.5 Å². The summed E-state index contributed by atoms with van der Waals surface area (Å²) in [4.78, 5) is 19.6. The van der Waals surface area contributed by atoms with Crippen LogP contribution in [0.5, 0.6) is 0 Å². The lowest BCUT2D eigenvalue weighted by molar-refractivity contribution is 0.103. The molecule has 33 heavy (non-hydrogen) atoms. The second kappa shape index (κ2) is 8.80. The van der Waals surface area contributed by atoms with Crippen molar-refractivity contribution in [3.8, 4) is 6.07 Å². The van der Waals surface area contributed by atoms with Crippen LogP contribution in [-0.2, 0) is 11.8 Å². The van der Waals surface area contributed by atoms with Gasteiger partial charge in [0.15, 0.2) is 5.78 Å². The first-order chi connectivity index (χ1) is 15.8. The van der Waals surface area contributed by atoms with Crippen molar-refractivity contribution in [1.29, 1.82) is 5.26 Å². The number of likely N-dealkylation sites (tertiary alicyclic amines) is 1. The molecule has 2 aromatic carbocycles. The maximum Gasteiger partial charge on any atom is 0.195 e. The molecule has 1 aliphatic heterocycles.